The second-order valence-electron chi connectivity index (χ2n) is 9.56. The highest BCUT2D eigenvalue weighted by Crippen LogP contribution is 2.25. The zero-order valence-electron chi connectivity index (χ0n) is 24.1. The number of nitrogens with zero attached hydrogens (tertiary/aromatic N) is 1. The van der Waals surface area contributed by atoms with Gasteiger partial charge in [-0.15, -0.1) is 11.8 Å². The number of likely N-dealkylation sites (tertiary alicyclic amines) is 1. The topological polar surface area (TPSA) is 144 Å². The number of imide groups is 1. The number of unbranched alkanes of at least 4 members (excludes halogenated alkanes) is 5. The summed E-state index contributed by atoms with van der Waals surface area (Å²) in [6.45, 7) is 6.16. The number of Topliss-reactive ketones (excluding diaryl/α,β-unsaturated/α-hetero) is 1. The van der Waals surface area contributed by atoms with Gasteiger partial charge in [0, 0.05) is 38.1 Å². The molecule has 1 rings (SSSR count). The van der Waals surface area contributed by atoms with Crippen molar-refractivity contribution < 1.29 is 38.1 Å². The van der Waals surface area contributed by atoms with Gasteiger partial charge in [0.25, 0.3) is 0 Å². The van der Waals surface area contributed by atoms with Gasteiger partial charge in [0.1, 0.15) is 5.78 Å². The fraction of sp³-hybridized carbons (Fsp3) is 0.821. The van der Waals surface area contributed by atoms with Gasteiger partial charge in [0.15, 0.2) is 0 Å². The van der Waals surface area contributed by atoms with Crippen LogP contribution < -0.4 is 5.32 Å². The normalized spacial score (nSPS) is 15.1. The Bertz CT molecular complexity index is 740. The minimum atomic E-state index is -0.332. The molecule has 1 atom stereocenters. The molecule has 12 heteroatoms. The first-order valence-corrected chi connectivity index (χ1v) is 15.5. The highest BCUT2D eigenvalue weighted by Gasteiger charge is 2.38. The number of rotatable bonds is 28. The lowest BCUT2D eigenvalue weighted by Gasteiger charge is -2.14. The van der Waals surface area contributed by atoms with E-state index in [0.29, 0.717) is 84.5 Å². The Kier molecular flexibility index (Phi) is 22.5. The average molecular weight is 588 g/mol. The lowest BCUT2D eigenvalue weighted by Crippen LogP contribution is -2.32. The molecule has 1 aliphatic heterocycles. The van der Waals surface area contributed by atoms with Crippen molar-refractivity contribution in [2.75, 3.05) is 71.7 Å². The van der Waals surface area contributed by atoms with Crippen LogP contribution in [0.1, 0.15) is 71.1 Å². The largest absolute Gasteiger partial charge is 0.379 e. The third kappa shape index (κ3) is 19.3. The number of carbonyl (C=O) groups excluding carboxylic acids is 4. The third-order valence-electron chi connectivity index (χ3n) is 6.10. The van der Waals surface area contributed by atoms with Gasteiger partial charge in [-0.2, -0.15) is 0 Å². The zero-order valence-corrected chi connectivity index (χ0v) is 24.9. The molecule has 0 spiro atoms. The van der Waals surface area contributed by atoms with E-state index in [1.54, 1.807) is 6.92 Å². The van der Waals surface area contributed by atoms with E-state index in [4.69, 9.17) is 24.4 Å². The van der Waals surface area contributed by atoms with E-state index in [1.165, 1.54) is 22.9 Å². The van der Waals surface area contributed by atoms with Gasteiger partial charge in [0.05, 0.1) is 58.1 Å². The van der Waals surface area contributed by atoms with E-state index in [9.17, 15) is 19.2 Å². The Morgan fingerprint density at radius 3 is 2.15 bits per heavy atom. The summed E-state index contributed by atoms with van der Waals surface area (Å²) in [5.74, 6) is 0.560. The van der Waals surface area contributed by atoms with Gasteiger partial charge in [-0.05, 0) is 45.2 Å². The molecule has 0 saturated carbocycles. The molecule has 0 aliphatic carbocycles. The van der Waals surface area contributed by atoms with E-state index in [2.05, 4.69) is 5.32 Å². The SMILES string of the molecule is CC(=O)CCCCCN1C(=O)CC(SCCOCCOCCOCCOCCC(=O)NCCCCCC=N)C1=O. The van der Waals surface area contributed by atoms with Gasteiger partial charge in [-0.1, -0.05) is 12.8 Å². The number of thioether (sulfide) groups is 1. The van der Waals surface area contributed by atoms with Crippen molar-refractivity contribution in [1.82, 2.24) is 10.2 Å². The number of nitrogens with one attached hydrogen (secondary N) is 2. The Morgan fingerprint density at radius 2 is 1.50 bits per heavy atom. The van der Waals surface area contributed by atoms with Gasteiger partial charge >= 0.3 is 0 Å². The summed E-state index contributed by atoms with van der Waals surface area (Å²) in [7, 11) is 0. The van der Waals surface area contributed by atoms with Crippen LogP contribution in [-0.4, -0.2) is 112 Å². The molecule has 1 heterocycles. The van der Waals surface area contributed by atoms with Crippen LogP contribution in [0.5, 0.6) is 0 Å². The van der Waals surface area contributed by atoms with E-state index >= 15 is 0 Å². The molecule has 0 radical (unpaired) electrons. The second-order valence-corrected chi connectivity index (χ2v) is 10.9. The number of carbonyl (C=O) groups is 4. The number of ketones is 1. The van der Waals surface area contributed by atoms with Crippen molar-refractivity contribution in [2.45, 2.75) is 76.4 Å². The fourth-order valence-electron chi connectivity index (χ4n) is 3.88. The Morgan fingerprint density at radius 1 is 0.875 bits per heavy atom. The van der Waals surface area contributed by atoms with Crippen LogP contribution in [0, 0.1) is 5.41 Å². The van der Waals surface area contributed by atoms with Gasteiger partial charge in [-0.25, -0.2) is 0 Å². The van der Waals surface area contributed by atoms with Crippen LogP contribution in [-0.2, 0) is 38.1 Å². The molecular weight excluding hydrogens is 538 g/mol. The van der Waals surface area contributed by atoms with Crippen molar-refractivity contribution in [3.05, 3.63) is 0 Å². The molecule has 1 fully saturated rings. The molecular formula is C28H49N3O8S. The summed E-state index contributed by atoms with van der Waals surface area (Å²) >= 11 is 1.46. The fourth-order valence-corrected chi connectivity index (χ4v) is 4.91. The molecule has 3 amide bonds. The standard InChI is InChI=1S/C28H49N3O8S/c1-24(32)9-5-4-8-13-31-27(34)23-25(28(31)35)40-22-21-39-20-19-38-18-17-37-16-15-36-14-10-26(33)30-12-7-3-2-6-11-29/h11,25,29H,2-10,12-23H2,1H3,(H,30,33). The molecule has 1 aliphatic rings. The molecule has 230 valence electrons. The van der Waals surface area contributed by atoms with Crippen molar-refractivity contribution >= 4 is 41.5 Å². The molecule has 0 bridgehead atoms. The smallest absolute Gasteiger partial charge is 0.242 e. The molecule has 1 unspecified atom stereocenters. The van der Waals surface area contributed by atoms with Crippen LogP contribution in [0.25, 0.3) is 0 Å². The number of amides is 3. The van der Waals surface area contributed by atoms with E-state index in [0.717, 1.165) is 44.9 Å². The van der Waals surface area contributed by atoms with Gasteiger partial charge in [0.2, 0.25) is 17.7 Å². The molecule has 0 aromatic carbocycles. The van der Waals surface area contributed by atoms with Crippen molar-refractivity contribution in [2.24, 2.45) is 0 Å². The first-order chi connectivity index (χ1) is 19.5. The highest BCUT2D eigenvalue weighted by molar-refractivity contribution is 8.00. The number of hydrogen-bond acceptors (Lipinski definition) is 10. The summed E-state index contributed by atoms with van der Waals surface area (Å²) < 4.78 is 21.9. The van der Waals surface area contributed by atoms with Crippen LogP contribution in [0.3, 0.4) is 0 Å². The number of ether oxygens (including phenoxy) is 4. The monoisotopic (exact) mass is 587 g/mol. The summed E-state index contributed by atoms with van der Waals surface area (Å²) in [6.07, 6.45) is 8.64. The van der Waals surface area contributed by atoms with Crippen LogP contribution >= 0.6 is 11.8 Å². The molecule has 11 nitrogen and oxygen atoms in total. The predicted molar refractivity (Wildman–Crippen MR) is 155 cm³/mol. The van der Waals surface area contributed by atoms with E-state index < -0.39 is 0 Å². The maximum absolute atomic E-state index is 12.5. The first kappa shape index (κ1) is 36.2. The van der Waals surface area contributed by atoms with E-state index in [-0.39, 0.29) is 35.2 Å². The predicted octanol–water partition coefficient (Wildman–Crippen LogP) is 2.78. The van der Waals surface area contributed by atoms with Crippen LogP contribution in [0.4, 0.5) is 0 Å². The van der Waals surface area contributed by atoms with Crippen molar-refractivity contribution in [3.63, 3.8) is 0 Å². The molecule has 0 aromatic heterocycles. The average Bonchev–Trinajstić information content (AvgIpc) is 3.19. The summed E-state index contributed by atoms with van der Waals surface area (Å²) in [4.78, 5) is 48.7. The summed E-state index contributed by atoms with van der Waals surface area (Å²) in [5, 5.41) is 9.49. The summed E-state index contributed by atoms with van der Waals surface area (Å²) in [5.41, 5.74) is 0. The van der Waals surface area contributed by atoms with Gasteiger partial charge < -0.3 is 34.5 Å². The minimum Gasteiger partial charge on any atom is -0.379 e. The van der Waals surface area contributed by atoms with Crippen LogP contribution in [0.15, 0.2) is 0 Å². The van der Waals surface area contributed by atoms with Crippen molar-refractivity contribution in [1.29, 1.82) is 5.41 Å². The minimum absolute atomic E-state index is 0.0133. The second kappa shape index (κ2) is 24.9. The van der Waals surface area contributed by atoms with Crippen LogP contribution in [0.2, 0.25) is 0 Å². The maximum Gasteiger partial charge on any atom is 0.242 e. The lowest BCUT2D eigenvalue weighted by atomic mass is 10.1. The Labute approximate surface area is 243 Å². The van der Waals surface area contributed by atoms with Gasteiger partial charge in [-0.3, -0.25) is 19.3 Å². The lowest BCUT2D eigenvalue weighted by molar-refractivity contribution is -0.138. The molecule has 40 heavy (non-hydrogen) atoms. The number of hydrogen-bond donors (Lipinski definition) is 2. The highest BCUT2D eigenvalue weighted by atomic mass is 32.2. The molecule has 1 saturated heterocycles. The Hall–Kier alpha value is -1.86. The Balaban J connectivity index is 1.85. The van der Waals surface area contributed by atoms with Crippen molar-refractivity contribution in [3.8, 4) is 0 Å². The maximum atomic E-state index is 12.5. The molecule has 0 aromatic rings. The van der Waals surface area contributed by atoms with E-state index in [1.807, 2.05) is 0 Å². The first-order valence-electron chi connectivity index (χ1n) is 14.5. The quantitative estimate of drug-likeness (QED) is 0.0802. The zero-order chi connectivity index (χ0) is 29.3. The third-order valence-corrected chi connectivity index (χ3v) is 7.27. The molecule has 2 N–H and O–H groups in total. The summed E-state index contributed by atoms with van der Waals surface area (Å²) in [6, 6.07) is 0.